The van der Waals surface area contributed by atoms with Crippen molar-refractivity contribution in [2.24, 2.45) is 0 Å². The summed E-state index contributed by atoms with van der Waals surface area (Å²) >= 11 is 0. The summed E-state index contributed by atoms with van der Waals surface area (Å²) < 4.78 is 0. The van der Waals surface area contributed by atoms with Crippen molar-refractivity contribution in [3.63, 3.8) is 0 Å². The molecule has 0 rings (SSSR count). The summed E-state index contributed by atoms with van der Waals surface area (Å²) in [6.45, 7) is 0. The van der Waals surface area contributed by atoms with Gasteiger partial charge in [-0.25, -0.2) is 0 Å². The van der Waals surface area contributed by atoms with Crippen LogP contribution in [0.2, 0.25) is 0 Å². The van der Waals surface area contributed by atoms with Crippen LogP contribution in [0.5, 0.6) is 0 Å². The fraction of sp³-hybridized carbons (Fsp3) is 0.667. The average Bonchev–Trinajstić information content (AvgIpc) is 1.38. The van der Waals surface area contributed by atoms with Gasteiger partial charge in [0.1, 0.15) is 0 Å². The van der Waals surface area contributed by atoms with Crippen molar-refractivity contribution in [3.05, 3.63) is 0 Å². The zero-order valence-electron chi connectivity index (χ0n) is 3.84. The molecule has 4 heteroatoms. The molecule has 0 aromatic carbocycles. The van der Waals surface area contributed by atoms with Crippen LogP contribution in [0.1, 0.15) is 0 Å². The van der Waals surface area contributed by atoms with Gasteiger partial charge in [0.2, 0.25) is 6.41 Å². The topological polar surface area (TPSA) is 20.3 Å². The number of amides is 1. The minimum absolute atomic E-state index is 0. The molecule has 0 saturated heterocycles. The molecular weight excluding hydrogens is 142 g/mol. The van der Waals surface area contributed by atoms with Crippen LogP contribution in [-0.4, -0.2) is 63.1 Å². The maximum absolute atomic E-state index is 9.43. The van der Waals surface area contributed by atoms with E-state index in [9.17, 15) is 4.79 Å². The van der Waals surface area contributed by atoms with Gasteiger partial charge >= 0.3 is 37.7 Å². The zero-order valence-corrected chi connectivity index (χ0v) is 4.66. The first kappa shape index (κ1) is 15.7. The predicted molar refractivity (Wildman–Crippen MR) is 35.5 cm³/mol. The summed E-state index contributed by atoms with van der Waals surface area (Å²) in [5, 5.41) is 0. The van der Waals surface area contributed by atoms with Crippen LogP contribution in [0.25, 0.3) is 0 Å². The van der Waals surface area contributed by atoms with Gasteiger partial charge in [-0.3, -0.25) is 4.79 Å². The molecule has 0 heterocycles. The quantitative estimate of drug-likeness (QED) is 0.356. The molecule has 2 nitrogen and oxygen atoms in total. The molecule has 0 spiro atoms. The molecule has 0 aromatic heterocycles. The molecule has 0 unspecified atom stereocenters. The number of carbonyl (C=O) groups excluding carboxylic acids is 1. The molecular formula is C3H10CaClNO. The van der Waals surface area contributed by atoms with Crippen LogP contribution >= 0.6 is 12.4 Å². The Morgan fingerprint density at radius 1 is 1.43 bits per heavy atom. The van der Waals surface area contributed by atoms with E-state index >= 15 is 0 Å². The van der Waals surface area contributed by atoms with Crippen molar-refractivity contribution in [1.29, 1.82) is 0 Å². The third kappa shape index (κ3) is 19.4. The molecule has 0 aromatic rings. The Bertz CT molecular complexity index is 41.9. The van der Waals surface area contributed by atoms with Gasteiger partial charge in [-0.1, -0.05) is 0 Å². The molecule has 1 amide bonds. The van der Waals surface area contributed by atoms with Crippen LogP contribution in [0.4, 0.5) is 0 Å². The summed E-state index contributed by atoms with van der Waals surface area (Å²) in [4.78, 5) is 10.9. The van der Waals surface area contributed by atoms with E-state index in [0.29, 0.717) is 0 Å². The van der Waals surface area contributed by atoms with Crippen LogP contribution in [0.15, 0.2) is 0 Å². The van der Waals surface area contributed by atoms with Crippen molar-refractivity contribution in [2.75, 3.05) is 14.1 Å². The van der Waals surface area contributed by atoms with E-state index in [1.165, 1.54) is 4.90 Å². The summed E-state index contributed by atoms with van der Waals surface area (Å²) in [5.41, 5.74) is 0. The van der Waals surface area contributed by atoms with Crippen LogP contribution in [0, 0.1) is 0 Å². The Morgan fingerprint density at radius 2 is 1.57 bits per heavy atom. The second-order valence-electron chi connectivity index (χ2n) is 1.07. The Kier molecular flexibility index (Phi) is 22.6. The number of nitrogens with zero attached hydrogens (tertiary/aromatic N) is 1. The zero-order chi connectivity index (χ0) is 4.28. The molecule has 0 bridgehead atoms. The van der Waals surface area contributed by atoms with Gasteiger partial charge < -0.3 is 4.90 Å². The van der Waals surface area contributed by atoms with Crippen molar-refractivity contribution in [1.82, 2.24) is 4.90 Å². The van der Waals surface area contributed by atoms with E-state index in [1.807, 2.05) is 0 Å². The van der Waals surface area contributed by atoms with Gasteiger partial charge in [-0.2, -0.15) is 0 Å². The summed E-state index contributed by atoms with van der Waals surface area (Å²) in [6, 6.07) is 0. The Balaban J connectivity index is -0.0000000800. The van der Waals surface area contributed by atoms with Gasteiger partial charge in [0.25, 0.3) is 0 Å². The van der Waals surface area contributed by atoms with Gasteiger partial charge in [0.15, 0.2) is 0 Å². The predicted octanol–water partition coefficient (Wildman–Crippen LogP) is -0.790. The molecule has 7 heavy (non-hydrogen) atoms. The third-order valence-electron chi connectivity index (χ3n) is 0.211. The fourth-order valence-electron chi connectivity index (χ4n) is 0. The van der Waals surface area contributed by atoms with Crippen LogP contribution in [-0.2, 0) is 4.79 Å². The normalized spacial score (nSPS) is 4.86. The number of hydrogen-bond donors (Lipinski definition) is 0. The van der Waals surface area contributed by atoms with Gasteiger partial charge in [0, 0.05) is 14.1 Å². The van der Waals surface area contributed by atoms with E-state index in [0.717, 1.165) is 6.41 Å². The number of halogens is 1. The SMILES string of the molecule is CN(C)C=O.Cl.[CaH2]. The molecule has 42 valence electrons. The first-order valence-electron chi connectivity index (χ1n) is 1.39. The minimum atomic E-state index is 0. The molecule has 0 aliphatic rings. The van der Waals surface area contributed by atoms with Crippen molar-refractivity contribution < 1.29 is 4.79 Å². The number of carbonyl (C=O) groups is 1. The maximum atomic E-state index is 9.43. The first-order chi connectivity index (χ1) is 2.27. The van der Waals surface area contributed by atoms with Gasteiger partial charge in [0.05, 0.1) is 0 Å². The average molecular weight is 152 g/mol. The number of hydrogen-bond acceptors (Lipinski definition) is 1. The monoisotopic (exact) mass is 151 g/mol. The van der Waals surface area contributed by atoms with E-state index in [-0.39, 0.29) is 50.1 Å². The van der Waals surface area contributed by atoms with Crippen LogP contribution < -0.4 is 0 Å². The van der Waals surface area contributed by atoms with E-state index in [1.54, 1.807) is 14.1 Å². The summed E-state index contributed by atoms with van der Waals surface area (Å²) in [5.74, 6) is 0. The van der Waals surface area contributed by atoms with Gasteiger partial charge in [-0.05, 0) is 0 Å². The van der Waals surface area contributed by atoms with E-state index < -0.39 is 0 Å². The van der Waals surface area contributed by atoms with Crippen molar-refractivity contribution in [2.45, 2.75) is 0 Å². The third-order valence-corrected chi connectivity index (χ3v) is 0.211. The summed E-state index contributed by atoms with van der Waals surface area (Å²) in [7, 11) is 3.38. The van der Waals surface area contributed by atoms with Crippen molar-refractivity contribution in [3.8, 4) is 0 Å². The second kappa shape index (κ2) is 10.1. The first-order valence-corrected chi connectivity index (χ1v) is 1.39. The van der Waals surface area contributed by atoms with E-state index in [2.05, 4.69) is 0 Å². The Morgan fingerprint density at radius 3 is 1.57 bits per heavy atom. The molecule has 0 aliphatic carbocycles. The Labute approximate surface area is 79.7 Å². The number of rotatable bonds is 1. The second-order valence-corrected chi connectivity index (χ2v) is 1.07. The van der Waals surface area contributed by atoms with Crippen LogP contribution in [0.3, 0.4) is 0 Å². The fourth-order valence-corrected chi connectivity index (χ4v) is 0. The van der Waals surface area contributed by atoms with E-state index in [4.69, 9.17) is 0 Å². The molecule has 0 fully saturated rings. The van der Waals surface area contributed by atoms with Gasteiger partial charge in [-0.15, -0.1) is 12.4 Å². The molecule has 0 N–H and O–H groups in total. The van der Waals surface area contributed by atoms with Crippen molar-refractivity contribution >= 4 is 56.6 Å². The Hall–Kier alpha value is 1.02. The summed E-state index contributed by atoms with van der Waals surface area (Å²) in [6.07, 6.45) is 0.750. The molecule has 0 aliphatic heterocycles. The standard InChI is InChI=1S/C3H7NO.Ca.ClH.2H/c1-4(2)3-5;;;;/h3H,1-2H3;;1H;;. The molecule has 0 radical (unpaired) electrons. The molecule has 0 atom stereocenters. The molecule has 0 saturated carbocycles.